The summed E-state index contributed by atoms with van der Waals surface area (Å²) in [6, 6.07) is 8.06. The Morgan fingerprint density at radius 1 is 1.32 bits per heavy atom. The molecule has 0 aliphatic rings. The minimum Gasteiger partial charge on any atom is -0.383 e. The highest BCUT2D eigenvalue weighted by molar-refractivity contribution is 5.60. The van der Waals surface area contributed by atoms with Gasteiger partial charge in [0.05, 0.1) is 11.4 Å². The smallest absolute Gasteiger partial charge is 0.138 e. The highest BCUT2D eigenvalue weighted by Crippen LogP contribution is 2.20. The van der Waals surface area contributed by atoms with E-state index in [1.807, 2.05) is 24.3 Å². The zero-order valence-electron chi connectivity index (χ0n) is 11.5. The van der Waals surface area contributed by atoms with Gasteiger partial charge in [-0.15, -0.1) is 0 Å². The second-order valence-corrected chi connectivity index (χ2v) is 4.98. The van der Waals surface area contributed by atoms with E-state index in [1.165, 1.54) is 6.33 Å². The van der Waals surface area contributed by atoms with E-state index < -0.39 is 0 Å². The molecule has 1 unspecified atom stereocenters. The molecule has 5 nitrogen and oxygen atoms in total. The highest BCUT2D eigenvalue weighted by atomic mass is 15.3. The molecule has 5 heteroatoms. The van der Waals surface area contributed by atoms with Crippen molar-refractivity contribution in [1.29, 1.82) is 0 Å². The first-order chi connectivity index (χ1) is 9.22. The summed E-state index contributed by atoms with van der Waals surface area (Å²) >= 11 is 0. The van der Waals surface area contributed by atoms with Crippen molar-refractivity contribution in [1.82, 2.24) is 14.8 Å². The Morgan fingerprint density at radius 3 is 2.74 bits per heavy atom. The Balaban J connectivity index is 2.13. The molecular weight excluding hydrogens is 238 g/mol. The maximum atomic E-state index is 5.80. The fourth-order valence-electron chi connectivity index (χ4n) is 1.99. The third-order valence-corrected chi connectivity index (χ3v) is 3.37. The Bertz CT molecular complexity index is 492. The molecule has 2 aromatic rings. The standard InChI is InChI=1S/C14H21N5/c1-11(2)12(7-15)8-17-13-5-3-4-6-14(13)19-10-16-9-18-19/h3-6,9-12,17H,7-8,15H2,1-2H3. The number of benzene rings is 1. The molecule has 2 rings (SSSR count). The number of rotatable bonds is 6. The van der Waals surface area contributed by atoms with Crippen molar-refractivity contribution in [3.8, 4) is 5.69 Å². The molecule has 0 aliphatic carbocycles. The molecule has 0 amide bonds. The Kier molecular flexibility index (Phi) is 4.52. The zero-order valence-corrected chi connectivity index (χ0v) is 11.5. The normalized spacial score (nSPS) is 12.6. The van der Waals surface area contributed by atoms with Gasteiger partial charge in [0, 0.05) is 6.54 Å². The van der Waals surface area contributed by atoms with Crippen LogP contribution in [-0.2, 0) is 0 Å². The van der Waals surface area contributed by atoms with Crippen LogP contribution in [0, 0.1) is 11.8 Å². The minimum absolute atomic E-state index is 0.462. The number of nitrogens with one attached hydrogen (secondary N) is 1. The van der Waals surface area contributed by atoms with E-state index in [4.69, 9.17) is 5.73 Å². The second kappa shape index (κ2) is 6.33. The van der Waals surface area contributed by atoms with E-state index in [1.54, 1.807) is 11.0 Å². The summed E-state index contributed by atoms with van der Waals surface area (Å²) < 4.78 is 1.76. The van der Waals surface area contributed by atoms with Gasteiger partial charge in [-0.1, -0.05) is 26.0 Å². The lowest BCUT2D eigenvalue weighted by Crippen LogP contribution is -2.27. The topological polar surface area (TPSA) is 68.8 Å². The van der Waals surface area contributed by atoms with Crippen molar-refractivity contribution in [2.24, 2.45) is 17.6 Å². The van der Waals surface area contributed by atoms with Crippen LogP contribution in [0.25, 0.3) is 5.69 Å². The molecule has 3 N–H and O–H groups in total. The van der Waals surface area contributed by atoms with Crippen LogP contribution in [0.1, 0.15) is 13.8 Å². The van der Waals surface area contributed by atoms with Crippen molar-refractivity contribution in [2.45, 2.75) is 13.8 Å². The molecule has 19 heavy (non-hydrogen) atoms. The van der Waals surface area contributed by atoms with Gasteiger partial charge in [-0.25, -0.2) is 9.67 Å². The largest absolute Gasteiger partial charge is 0.383 e. The van der Waals surface area contributed by atoms with Gasteiger partial charge in [0.15, 0.2) is 0 Å². The number of nitrogens with zero attached hydrogens (tertiary/aromatic N) is 3. The van der Waals surface area contributed by atoms with Crippen LogP contribution < -0.4 is 11.1 Å². The van der Waals surface area contributed by atoms with Crippen LogP contribution in [0.4, 0.5) is 5.69 Å². The van der Waals surface area contributed by atoms with Crippen LogP contribution in [0.3, 0.4) is 0 Å². The summed E-state index contributed by atoms with van der Waals surface area (Å²) in [7, 11) is 0. The van der Waals surface area contributed by atoms with E-state index in [-0.39, 0.29) is 0 Å². The fraction of sp³-hybridized carbons (Fsp3) is 0.429. The maximum Gasteiger partial charge on any atom is 0.138 e. The third kappa shape index (κ3) is 3.32. The van der Waals surface area contributed by atoms with Gasteiger partial charge in [-0.2, -0.15) is 5.10 Å². The van der Waals surface area contributed by atoms with Crippen LogP contribution in [0.15, 0.2) is 36.9 Å². The molecular formula is C14H21N5. The number of hydrogen-bond acceptors (Lipinski definition) is 4. The van der Waals surface area contributed by atoms with Gasteiger partial charge in [-0.3, -0.25) is 0 Å². The van der Waals surface area contributed by atoms with Gasteiger partial charge in [0.25, 0.3) is 0 Å². The summed E-state index contributed by atoms with van der Waals surface area (Å²) in [5.41, 5.74) is 7.85. The predicted octanol–water partition coefficient (Wildman–Crippen LogP) is 1.91. The molecule has 102 valence electrons. The molecule has 0 saturated heterocycles. The van der Waals surface area contributed by atoms with E-state index in [9.17, 15) is 0 Å². The first-order valence-electron chi connectivity index (χ1n) is 6.60. The summed E-state index contributed by atoms with van der Waals surface area (Å²) in [6.07, 6.45) is 3.23. The van der Waals surface area contributed by atoms with E-state index in [2.05, 4.69) is 29.2 Å². The number of nitrogens with two attached hydrogens (primary N) is 1. The lowest BCUT2D eigenvalue weighted by Gasteiger charge is -2.21. The average Bonchev–Trinajstić information content (AvgIpc) is 2.93. The number of para-hydroxylation sites is 2. The zero-order chi connectivity index (χ0) is 13.7. The summed E-state index contributed by atoms with van der Waals surface area (Å²) in [6.45, 7) is 5.95. The number of aromatic nitrogens is 3. The van der Waals surface area contributed by atoms with Gasteiger partial charge in [0.2, 0.25) is 0 Å². The van der Waals surface area contributed by atoms with Crippen LogP contribution >= 0.6 is 0 Å². The molecule has 0 saturated carbocycles. The predicted molar refractivity (Wildman–Crippen MR) is 77.2 cm³/mol. The molecule has 1 heterocycles. The average molecular weight is 259 g/mol. The Labute approximate surface area is 113 Å². The molecule has 0 spiro atoms. The highest BCUT2D eigenvalue weighted by Gasteiger charge is 2.12. The summed E-state index contributed by atoms with van der Waals surface area (Å²) in [4.78, 5) is 3.98. The van der Waals surface area contributed by atoms with Crippen molar-refractivity contribution >= 4 is 5.69 Å². The Morgan fingerprint density at radius 2 is 2.11 bits per heavy atom. The minimum atomic E-state index is 0.462. The number of hydrogen-bond donors (Lipinski definition) is 2. The van der Waals surface area contributed by atoms with E-state index in [0.29, 0.717) is 18.4 Å². The van der Waals surface area contributed by atoms with Gasteiger partial charge in [0.1, 0.15) is 12.7 Å². The van der Waals surface area contributed by atoms with Crippen molar-refractivity contribution in [3.63, 3.8) is 0 Å². The summed E-state index contributed by atoms with van der Waals surface area (Å²) in [5.74, 6) is 1.03. The monoisotopic (exact) mass is 259 g/mol. The molecule has 0 bridgehead atoms. The molecule has 1 aromatic carbocycles. The van der Waals surface area contributed by atoms with E-state index >= 15 is 0 Å². The van der Waals surface area contributed by atoms with Gasteiger partial charge in [-0.05, 0) is 30.5 Å². The first kappa shape index (κ1) is 13.5. The quantitative estimate of drug-likeness (QED) is 0.831. The van der Waals surface area contributed by atoms with Crippen LogP contribution in [0.2, 0.25) is 0 Å². The van der Waals surface area contributed by atoms with Gasteiger partial charge < -0.3 is 11.1 Å². The molecule has 1 aromatic heterocycles. The lowest BCUT2D eigenvalue weighted by atomic mass is 9.96. The van der Waals surface area contributed by atoms with Crippen molar-refractivity contribution < 1.29 is 0 Å². The SMILES string of the molecule is CC(C)C(CN)CNc1ccccc1-n1cncn1. The molecule has 1 atom stereocenters. The first-order valence-corrected chi connectivity index (χ1v) is 6.60. The van der Waals surface area contributed by atoms with E-state index in [0.717, 1.165) is 17.9 Å². The second-order valence-electron chi connectivity index (χ2n) is 4.98. The maximum absolute atomic E-state index is 5.80. The van der Waals surface area contributed by atoms with Crippen molar-refractivity contribution in [3.05, 3.63) is 36.9 Å². The molecule has 0 fully saturated rings. The lowest BCUT2D eigenvalue weighted by molar-refractivity contribution is 0.413. The fourth-order valence-corrected chi connectivity index (χ4v) is 1.99. The van der Waals surface area contributed by atoms with Crippen LogP contribution in [-0.4, -0.2) is 27.9 Å². The molecule has 0 aliphatic heterocycles. The van der Waals surface area contributed by atoms with Crippen LogP contribution in [0.5, 0.6) is 0 Å². The van der Waals surface area contributed by atoms with Gasteiger partial charge >= 0.3 is 0 Å². The number of anilines is 1. The molecule has 0 radical (unpaired) electrons. The Hall–Kier alpha value is -1.88. The summed E-state index contributed by atoms with van der Waals surface area (Å²) in [5, 5.41) is 7.64. The third-order valence-electron chi connectivity index (χ3n) is 3.37. The van der Waals surface area contributed by atoms with Crippen molar-refractivity contribution in [2.75, 3.05) is 18.4 Å².